The minimum Gasteiger partial charge on any atom is -0.325 e. The fourth-order valence-corrected chi connectivity index (χ4v) is 1.43. The van der Waals surface area contributed by atoms with E-state index in [1.807, 2.05) is 31.2 Å². The molecule has 0 aromatic heterocycles. The molecule has 3 nitrogen and oxygen atoms in total. The third-order valence-corrected chi connectivity index (χ3v) is 2.29. The van der Waals surface area contributed by atoms with Gasteiger partial charge in [0, 0.05) is 5.69 Å². The van der Waals surface area contributed by atoms with Crippen molar-refractivity contribution in [2.45, 2.75) is 26.7 Å². The van der Waals surface area contributed by atoms with E-state index in [2.05, 4.69) is 17.6 Å². The monoisotopic (exact) mass is 220 g/mol. The number of amides is 1. The Morgan fingerprint density at radius 3 is 2.88 bits per heavy atom. The Hall–Kier alpha value is -1.35. The topological polar surface area (TPSA) is 41.1 Å². The summed E-state index contributed by atoms with van der Waals surface area (Å²) in [6.45, 7) is 5.43. The Labute approximate surface area is 97.2 Å². The third kappa shape index (κ3) is 4.94. The number of hydrogen-bond acceptors (Lipinski definition) is 2. The van der Waals surface area contributed by atoms with E-state index in [0.29, 0.717) is 6.54 Å². The van der Waals surface area contributed by atoms with Crippen LogP contribution < -0.4 is 10.6 Å². The summed E-state index contributed by atoms with van der Waals surface area (Å²) in [5.74, 6) is 0.0155. The molecule has 0 radical (unpaired) electrons. The average molecular weight is 220 g/mol. The van der Waals surface area contributed by atoms with Gasteiger partial charge in [-0.15, -0.1) is 0 Å². The molecule has 0 aliphatic carbocycles. The lowest BCUT2D eigenvalue weighted by Gasteiger charge is -2.06. The fraction of sp³-hybridized carbons (Fsp3) is 0.462. The Kier molecular flexibility index (Phi) is 5.57. The lowest BCUT2D eigenvalue weighted by molar-refractivity contribution is -0.115. The summed E-state index contributed by atoms with van der Waals surface area (Å²) in [6.07, 6.45) is 2.25. The van der Waals surface area contributed by atoms with Gasteiger partial charge >= 0.3 is 0 Å². The van der Waals surface area contributed by atoms with Crippen LogP contribution in [-0.4, -0.2) is 19.0 Å². The van der Waals surface area contributed by atoms with Gasteiger partial charge < -0.3 is 10.6 Å². The number of carbonyl (C=O) groups excluding carboxylic acids is 1. The van der Waals surface area contributed by atoms with E-state index in [9.17, 15) is 4.79 Å². The predicted octanol–water partition coefficient (Wildman–Crippen LogP) is 2.32. The Balaban J connectivity index is 2.29. The zero-order valence-electron chi connectivity index (χ0n) is 10.0. The van der Waals surface area contributed by atoms with Gasteiger partial charge in [-0.25, -0.2) is 0 Å². The van der Waals surface area contributed by atoms with Gasteiger partial charge in [0.15, 0.2) is 0 Å². The molecule has 0 aliphatic rings. The highest BCUT2D eigenvalue weighted by atomic mass is 16.1. The first kappa shape index (κ1) is 12.7. The Morgan fingerprint density at radius 1 is 1.38 bits per heavy atom. The van der Waals surface area contributed by atoms with Gasteiger partial charge in [0.2, 0.25) is 5.91 Å². The maximum absolute atomic E-state index is 11.5. The van der Waals surface area contributed by atoms with Gasteiger partial charge in [0.05, 0.1) is 6.54 Å². The smallest absolute Gasteiger partial charge is 0.238 e. The first-order valence-electron chi connectivity index (χ1n) is 5.79. The fourth-order valence-electron chi connectivity index (χ4n) is 1.43. The zero-order valence-corrected chi connectivity index (χ0v) is 10.0. The molecule has 0 saturated carbocycles. The van der Waals surface area contributed by atoms with Crippen molar-refractivity contribution in [2.75, 3.05) is 18.4 Å². The highest BCUT2D eigenvalue weighted by molar-refractivity contribution is 5.92. The van der Waals surface area contributed by atoms with E-state index in [1.54, 1.807) is 0 Å². The quantitative estimate of drug-likeness (QED) is 0.722. The number of carbonyl (C=O) groups is 1. The van der Waals surface area contributed by atoms with Crippen molar-refractivity contribution in [1.82, 2.24) is 5.32 Å². The van der Waals surface area contributed by atoms with Crippen LogP contribution in [0.5, 0.6) is 0 Å². The number of aryl methyl sites for hydroxylation is 1. The summed E-state index contributed by atoms with van der Waals surface area (Å²) in [7, 11) is 0. The average Bonchev–Trinajstić information content (AvgIpc) is 2.24. The highest BCUT2D eigenvalue weighted by Crippen LogP contribution is 2.08. The maximum atomic E-state index is 11.5. The number of benzene rings is 1. The molecule has 1 rings (SSSR count). The molecule has 0 heterocycles. The number of rotatable bonds is 6. The molecular weight excluding hydrogens is 200 g/mol. The first-order valence-corrected chi connectivity index (χ1v) is 5.79. The molecule has 0 saturated heterocycles. The summed E-state index contributed by atoms with van der Waals surface area (Å²) in [6, 6.07) is 7.81. The molecule has 0 fully saturated rings. The van der Waals surface area contributed by atoms with Crippen LogP contribution in [0.3, 0.4) is 0 Å². The Morgan fingerprint density at radius 2 is 2.19 bits per heavy atom. The molecule has 16 heavy (non-hydrogen) atoms. The molecule has 2 N–H and O–H groups in total. The van der Waals surface area contributed by atoms with E-state index in [0.717, 1.165) is 30.6 Å². The molecule has 0 spiro atoms. The van der Waals surface area contributed by atoms with Crippen molar-refractivity contribution in [1.29, 1.82) is 0 Å². The molecule has 3 heteroatoms. The molecule has 1 aromatic rings. The van der Waals surface area contributed by atoms with Crippen molar-refractivity contribution in [3.8, 4) is 0 Å². The summed E-state index contributed by atoms with van der Waals surface area (Å²) in [5.41, 5.74) is 2.01. The van der Waals surface area contributed by atoms with Crippen molar-refractivity contribution in [2.24, 2.45) is 0 Å². The van der Waals surface area contributed by atoms with Crippen LogP contribution in [0.4, 0.5) is 5.69 Å². The molecule has 1 aromatic carbocycles. The predicted molar refractivity (Wildman–Crippen MR) is 67.6 cm³/mol. The second kappa shape index (κ2) is 7.01. The van der Waals surface area contributed by atoms with Crippen molar-refractivity contribution in [3.05, 3.63) is 29.8 Å². The molecule has 88 valence electrons. The molecule has 0 bridgehead atoms. The van der Waals surface area contributed by atoms with Crippen LogP contribution in [0, 0.1) is 6.92 Å². The van der Waals surface area contributed by atoms with Gasteiger partial charge in [-0.05, 0) is 37.6 Å². The van der Waals surface area contributed by atoms with Crippen LogP contribution in [0.1, 0.15) is 25.3 Å². The van der Waals surface area contributed by atoms with Gasteiger partial charge in [-0.2, -0.15) is 0 Å². The van der Waals surface area contributed by atoms with Gasteiger partial charge in [-0.1, -0.05) is 25.5 Å². The van der Waals surface area contributed by atoms with Crippen LogP contribution in [-0.2, 0) is 4.79 Å². The number of nitrogens with one attached hydrogen (secondary N) is 2. The summed E-state index contributed by atoms with van der Waals surface area (Å²) in [5, 5.41) is 5.97. The van der Waals surface area contributed by atoms with Gasteiger partial charge in [-0.3, -0.25) is 4.79 Å². The number of unbranched alkanes of at least 4 members (excludes halogenated alkanes) is 1. The maximum Gasteiger partial charge on any atom is 0.238 e. The van der Waals surface area contributed by atoms with Crippen molar-refractivity contribution in [3.63, 3.8) is 0 Å². The van der Waals surface area contributed by atoms with Crippen LogP contribution in [0.2, 0.25) is 0 Å². The van der Waals surface area contributed by atoms with E-state index in [4.69, 9.17) is 0 Å². The first-order chi connectivity index (χ1) is 7.72. The van der Waals surface area contributed by atoms with Gasteiger partial charge in [0.1, 0.15) is 0 Å². The SMILES string of the molecule is CCCCNCC(=O)Nc1cccc(C)c1. The van der Waals surface area contributed by atoms with E-state index < -0.39 is 0 Å². The molecule has 0 unspecified atom stereocenters. The summed E-state index contributed by atoms with van der Waals surface area (Å²) >= 11 is 0. The molecular formula is C13H20N2O. The Bertz CT molecular complexity index is 336. The molecule has 1 amide bonds. The zero-order chi connectivity index (χ0) is 11.8. The van der Waals surface area contributed by atoms with Crippen molar-refractivity contribution >= 4 is 11.6 Å². The minimum absolute atomic E-state index is 0.0155. The molecule has 0 atom stereocenters. The highest BCUT2D eigenvalue weighted by Gasteiger charge is 2.00. The van der Waals surface area contributed by atoms with Gasteiger partial charge in [0.25, 0.3) is 0 Å². The van der Waals surface area contributed by atoms with E-state index in [1.165, 1.54) is 0 Å². The van der Waals surface area contributed by atoms with Crippen LogP contribution in [0.15, 0.2) is 24.3 Å². The molecule has 0 aliphatic heterocycles. The number of hydrogen-bond donors (Lipinski definition) is 2. The van der Waals surface area contributed by atoms with E-state index >= 15 is 0 Å². The standard InChI is InChI=1S/C13H20N2O/c1-3-4-8-14-10-13(16)15-12-7-5-6-11(2)9-12/h5-7,9,14H,3-4,8,10H2,1-2H3,(H,15,16). The minimum atomic E-state index is 0.0155. The lowest BCUT2D eigenvalue weighted by Crippen LogP contribution is -2.28. The van der Waals surface area contributed by atoms with Crippen LogP contribution in [0.25, 0.3) is 0 Å². The summed E-state index contributed by atoms with van der Waals surface area (Å²) in [4.78, 5) is 11.5. The normalized spacial score (nSPS) is 10.1. The second-order valence-corrected chi connectivity index (χ2v) is 3.95. The number of anilines is 1. The summed E-state index contributed by atoms with van der Waals surface area (Å²) < 4.78 is 0. The second-order valence-electron chi connectivity index (χ2n) is 3.95. The van der Waals surface area contributed by atoms with Crippen LogP contribution >= 0.6 is 0 Å². The van der Waals surface area contributed by atoms with Crippen molar-refractivity contribution < 1.29 is 4.79 Å². The third-order valence-electron chi connectivity index (χ3n) is 2.29. The van der Waals surface area contributed by atoms with E-state index in [-0.39, 0.29) is 5.91 Å². The largest absolute Gasteiger partial charge is 0.325 e. The lowest BCUT2D eigenvalue weighted by atomic mass is 10.2.